The van der Waals surface area contributed by atoms with Gasteiger partial charge >= 0.3 is 0 Å². The SMILES string of the molecule is CCSc1nnc(N=Nc2c(C(C)(C)C)[nH]n3nc(C(C)C)nc23)s1. The lowest BCUT2D eigenvalue weighted by Gasteiger charge is -2.16. The maximum atomic E-state index is 4.62. The topological polar surface area (TPSA) is 96.5 Å². The third kappa shape index (κ3) is 3.74. The van der Waals surface area contributed by atoms with E-state index in [4.69, 9.17) is 0 Å². The predicted octanol–water partition coefficient (Wildman–Crippen LogP) is 4.86. The number of rotatable bonds is 5. The van der Waals surface area contributed by atoms with Crippen molar-refractivity contribution in [3.63, 3.8) is 0 Å². The standard InChI is InChI=1S/C15H22N8S2/c1-7-24-14-20-19-13(25-14)18-17-9-10(15(4,5)6)21-23-12(9)16-11(22-23)8(2)3/h8,21H,7H2,1-6H3. The third-order valence-corrected chi connectivity index (χ3v) is 5.28. The van der Waals surface area contributed by atoms with Crippen LogP contribution in [0.15, 0.2) is 14.6 Å². The van der Waals surface area contributed by atoms with Crippen LogP contribution in [-0.4, -0.2) is 35.8 Å². The molecule has 134 valence electrons. The number of hydrogen-bond donors (Lipinski definition) is 1. The van der Waals surface area contributed by atoms with Crippen molar-refractivity contribution in [1.82, 2.24) is 30.0 Å². The van der Waals surface area contributed by atoms with Crippen molar-refractivity contribution in [2.45, 2.75) is 57.2 Å². The van der Waals surface area contributed by atoms with E-state index in [1.165, 1.54) is 11.3 Å². The average molecular weight is 379 g/mol. The van der Waals surface area contributed by atoms with Crippen molar-refractivity contribution in [3.05, 3.63) is 11.5 Å². The summed E-state index contributed by atoms with van der Waals surface area (Å²) < 4.78 is 2.58. The van der Waals surface area contributed by atoms with Crippen LogP contribution in [0.25, 0.3) is 5.65 Å². The van der Waals surface area contributed by atoms with Crippen LogP contribution in [0.1, 0.15) is 59.0 Å². The minimum atomic E-state index is -0.140. The molecule has 0 bridgehead atoms. The van der Waals surface area contributed by atoms with Crippen LogP contribution in [0.4, 0.5) is 10.8 Å². The van der Waals surface area contributed by atoms with Gasteiger partial charge in [-0.2, -0.15) is 4.63 Å². The summed E-state index contributed by atoms with van der Waals surface area (Å²) in [6, 6.07) is 0. The number of fused-ring (bicyclic) bond motifs is 1. The Bertz CT molecular complexity index is 897. The Kier molecular flexibility index (Phi) is 4.92. The zero-order valence-corrected chi connectivity index (χ0v) is 16.9. The minimum absolute atomic E-state index is 0.140. The van der Waals surface area contributed by atoms with Crippen LogP contribution < -0.4 is 0 Å². The van der Waals surface area contributed by atoms with Crippen LogP contribution >= 0.6 is 23.1 Å². The first kappa shape index (κ1) is 18.0. The zero-order valence-electron chi connectivity index (χ0n) is 15.2. The van der Waals surface area contributed by atoms with Gasteiger partial charge in [-0.05, 0) is 5.75 Å². The molecular weight excluding hydrogens is 356 g/mol. The van der Waals surface area contributed by atoms with E-state index in [9.17, 15) is 0 Å². The third-order valence-electron chi connectivity index (χ3n) is 3.46. The molecule has 10 heteroatoms. The fourth-order valence-corrected chi connectivity index (χ4v) is 3.77. The summed E-state index contributed by atoms with van der Waals surface area (Å²) in [6.45, 7) is 12.5. The summed E-state index contributed by atoms with van der Waals surface area (Å²) >= 11 is 3.08. The smallest absolute Gasteiger partial charge is 0.252 e. The molecule has 0 fully saturated rings. The van der Waals surface area contributed by atoms with Gasteiger partial charge in [0.15, 0.2) is 15.9 Å². The number of nitrogens with one attached hydrogen (secondary N) is 1. The fraction of sp³-hybridized carbons (Fsp3) is 0.600. The van der Waals surface area contributed by atoms with Gasteiger partial charge in [0.2, 0.25) is 5.65 Å². The molecule has 0 saturated heterocycles. The first-order valence-corrected chi connectivity index (χ1v) is 9.97. The average Bonchev–Trinajstić information content (AvgIpc) is 3.18. The van der Waals surface area contributed by atoms with Gasteiger partial charge in [-0.15, -0.1) is 25.5 Å². The molecule has 0 amide bonds. The number of aromatic amines is 1. The van der Waals surface area contributed by atoms with Gasteiger partial charge in [0.25, 0.3) is 5.13 Å². The molecule has 3 rings (SSSR count). The summed E-state index contributed by atoms with van der Waals surface area (Å²) in [5.74, 6) is 1.98. The Morgan fingerprint density at radius 3 is 2.64 bits per heavy atom. The summed E-state index contributed by atoms with van der Waals surface area (Å²) in [5.41, 5.74) is 2.19. The van der Waals surface area contributed by atoms with Gasteiger partial charge in [0.1, 0.15) is 0 Å². The molecule has 0 radical (unpaired) electrons. The highest BCUT2D eigenvalue weighted by Gasteiger charge is 2.26. The number of azo groups is 1. The van der Waals surface area contributed by atoms with E-state index >= 15 is 0 Å². The molecule has 0 spiro atoms. The first-order valence-electron chi connectivity index (χ1n) is 8.16. The van der Waals surface area contributed by atoms with Gasteiger partial charge in [-0.25, -0.2) is 4.98 Å². The Morgan fingerprint density at radius 1 is 1.24 bits per heavy atom. The lowest BCUT2D eigenvalue weighted by molar-refractivity contribution is 0.555. The maximum absolute atomic E-state index is 4.62. The lowest BCUT2D eigenvalue weighted by Crippen LogP contribution is -2.12. The molecule has 0 aliphatic heterocycles. The highest BCUT2D eigenvalue weighted by atomic mass is 32.2. The molecule has 8 nitrogen and oxygen atoms in total. The second-order valence-electron chi connectivity index (χ2n) is 6.93. The van der Waals surface area contributed by atoms with Crippen molar-refractivity contribution in [3.8, 4) is 0 Å². The van der Waals surface area contributed by atoms with E-state index in [0.717, 1.165) is 21.6 Å². The van der Waals surface area contributed by atoms with Gasteiger partial charge in [-0.1, -0.05) is 64.6 Å². The molecule has 0 saturated carbocycles. The molecule has 3 heterocycles. The van der Waals surface area contributed by atoms with E-state index in [1.807, 2.05) is 0 Å². The second-order valence-corrected chi connectivity index (χ2v) is 9.40. The van der Waals surface area contributed by atoms with Gasteiger partial charge in [-0.3, -0.25) is 5.10 Å². The Labute approximate surface area is 154 Å². The van der Waals surface area contributed by atoms with E-state index < -0.39 is 0 Å². The number of aromatic nitrogens is 6. The molecule has 0 unspecified atom stereocenters. The van der Waals surface area contributed by atoms with Crippen LogP contribution in [0.5, 0.6) is 0 Å². The number of hydrogen-bond acceptors (Lipinski definition) is 8. The van der Waals surface area contributed by atoms with Crippen LogP contribution in [-0.2, 0) is 5.41 Å². The van der Waals surface area contributed by atoms with Gasteiger partial charge in [0, 0.05) is 11.3 Å². The summed E-state index contributed by atoms with van der Waals surface area (Å²) in [4.78, 5) is 4.62. The monoisotopic (exact) mass is 378 g/mol. The molecular formula is C15H22N8S2. The van der Waals surface area contributed by atoms with Gasteiger partial charge in [0.05, 0.1) is 5.69 Å². The maximum Gasteiger partial charge on any atom is 0.252 e. The van der Waals surface area contributed by atoms with Crippen molar-refractivity contribution >= 4 is 39.6 Å². The molecule has 0 aliphatic carbocycles. The summed E-state index contributed by atoms with van der Waals surface area (Å²) in [5, 5.41) is 25.3. The predicted molar refractivity (Wildman–Crippen MR) is 101 cm³/mol. The minimum Gasteiger partial charge on any atom is -0.277 e. The van der Waals surface area contributed by atoms with Crippen molar-refractivity contribution in [1.29, 1.82) is 0 Å². The van der Waals surface area contributed by atoms with E-state index in [1.54, 1.807) is 16.4 Å². The number of H-pyrrole nitrogens is 1. The highest BCUT2D eigenvalue weighted by Crippen LogP contribution is 2.36. The highest BCUT2D eigenvalue weighted by molar-refractivity contribution is 8.01. The van der Waals surface area contributed by atoms with E-state index in [-0.39, 0.29) is 11.3 Å². The second kappa shape index (κ2) is 6.83. The van der Waals surface area contributed by atoms with Gasteiger partial charge < -0.3 is 0 Å². The molecule has 25 heavy (non-hydrogen) atoms. The lowest BCUT2D eigenvalue weighted by atomic mass is 9.91. The normalized spacial score (nSPS) is 12.9. The largest absolute Gasteiger partial charge is 0.277 e. The zero-order chi connectivity index (χ0) is 18.2. The van der Waals surface area contributed by atoms with Crippen molar-refractivity contribution in [2.75, 3.05) is 5.75 Å². The molecule has 0 aliphatic rings. The molecule has 1 N–H and O–H groups in total. The quantitative estimate of drug-likeness (QED) is 0.505. The number of thioether (sulfide) groups is 1. The van der Waals surface area contributed by atoms with Crippen molar-refractivity contribution in [2.24, 2.45) is 10.2 Å². The summed E-state index contributed by atoms with van der Waals surface area (Å²) in [7, 11) is 0. The Balaban J connectivity index is 2.03. The van der Waals surface area contributed by atoms with E-state index in [2.05, 4.69) is 77.1 Å². The molecule has 0 aromatic carbocycles. The first-order chi connectivity index (χ1) is 11.8. The van der Waals surface area contributed by atoms with Crippen LogP contribution in [0, 0.1) is 0 Å². The van der Waals surface area contributed by atoms with Crippen LogP contribution in [0.3, 0.4) is 0 Å². The fourth-order valence-electron chi connectivity index (χ4n) is 2.21. The molecule has 3 aromatic rings. The molecule has 0 atom stereocenters. The van der Waals surface area contributed by atoms with E-state index in [0.29, 0.717) is 16.5 Å². The van der Waals surface area contributed by atoms with Crippen molar-refractivity contribution < 1.29 is 0 Å². The van der Waals surface area contributed by atoms with Crippen LogP contribution in [0.2, 0.25) is 0 Å². The Hall–Kier alpha value is -1.81. The Morgan fingerprint density at radius 2 is 2.00 bits per heavy atom. The molecule has 3 aromatic heterocycles. The summed E-state index contributed by atoms with van der Waals surface area (Å²) in [6.07, 6.45) is 0. The number of nitrogens with zero attached hydrogens (tertiary/aromatic N) is 7.